The number of hydrogen-bond acceptors (Lipinski definition) is 3. The van der Waals surface area contributed by atoms with E-state index in [2.05, 4.69) is 25.7 Å². The molecule has 3 rings (SSSR count). The zero-order valence-electron chi connectivity index (χ0n) is 12.4. The van der Waals surface area contributed by atoms with E-state index < -0.39 is 0 Å². The summed E-state index contributed by atoms with van der Waals surface area (Å²) in [6, 6.07) is 8.39. The largest absolute Gasteiger partial charge is 0.299 e. The summed E-state index contributed by atoms with van der Waals surface area (Å²) in [5.74, 6) is 0.224. The lowest BCUT2D eigenvalue weighted by Gasteiger charge is -2.32. The van der Waals surface area contributed by atoms with E-state index in [0.717, 1.165) is 23.1 Å². The maximum absolute atomic E-state index is 12.4. The lowest BCUT2D eigenvalue weighted by molar-refractivity contribution is 0.0935. The number of halogens is 1. The second kappa shape index (κ2) is 7.03. The molecular weight excluding hydrogens is 328 g/mol. The van der Waals surface area contributed by atoms with Gasteiger partial charge < -0.3 is 0 Å². The third-order valence-electron chi connectivity index (χ3n) is 4.70. The number of hydrogen-bond donors (Lipinski definition) is 0. The van der Waals surface area contributed by atoms with Crippen molar-refractivity contribution >= 4 is 21.7 Å². The number of piperidine rings is 1. The number of carbonyl (C=O) groups excluding carboxylic acids is 1. The van der Waals surface area contributed by atoms with E-state index in [1.54, 1.807) is 0 Å². The van der Waals surface area contributed by atoms with E-state index in [1.165, 1.54) is 38.8 Å². The van der Waals surface area contributed by atoms with E-state index in [-0.39, 0.29) is 5.78 Å². The van der Waals surface area contributed by atoms with Gasteiger partial charge in [0.2, 0.25) is 0 Å². The highest BCUT2D eigenvalue weighted by atomic mass is 79.9. The molecule has 3 nitrogen and oxygen atoms in total. The highest BCUT2D eigenvalue weighted by Gasteiger charge is 2.29. The third kappa shape index (κ3) is 3.74. The average Bonchev–Trinajstić information content (AvgIpc) is 2.97. The van der Waals surface area contributed by atoms with Crippen LogP contribution in [0.2, 0.25) is 0 Å². The van der Waals surface area contributed by atoms with Gasteiger partial charge in [0.15, 0.2) is 5.78 Å². The molecule has 2 aliphatic rings. The number of ketones is 1. The summed E-state index contributed by atoms with van der Waals surface area (Å²) in [4.78, 5) is 17.4. The van der Waals surface area contributed by atoms with Crippen molar-refractivity contribution in [3.05, 3.63) is 34.3 Å². The lowest BCUT2D eigenvalue weighted by atomic mass is 10.1. The Kier molecular flexibility index (Phi) is 5.09. The third-order valence-corrected chi connectivity index (χ3v) is 5.39. The highest BCUT2D eigenvalue weighted by molar-refractivity contribution is 9.10. The van der Waals surface area contributed by atoms with Crippen LogP contribution in [0.3, 0.4) is 0 Å². The molecule has 2 aliphatic heterocycles. The van der Waals surface area contributed by atoms with Crippen LogP contribution in [-0.2, 0) is 0 Å². The Morgan fingerprint density at radius 3 is 2.67 bits per heavy atom. The molecule has 0 bridgehead atoms. The summed E-state index contributed by atoms with van der Waals surface area (Å²) in [5.41, 5.74) is 0.805. The van der Waals surface area contributed by atoms with Gasteiger partial charge in [0.1, 0.15) is 0 Å². The minimum absolute atomic E-state index is 0.224. The Morgan fingerprint density at radius 2 is 1.90 bits per heavy atom. The summed E-state index contributed by atoms with van der Waals surface area (Å²) in [6.45, 7) is 5.15. The molecule has 0 spiro atoms. The lowest BCUT2D eigenvalue weighted by Crippen LogP contribution is -2.41. The fraction of sp³-hybridized carbons (Fsp3) is 0.588. The van der Waals surface area contributed by atoms with Gasteiger partial charge in [0.25, 0.3) is 0 Å². The van der Waals surface area contributed by atoms with Gasteiger partial charge in [-0.3, -0.25) is 14.6 Å². The standard InChI is InChI=1S/C17H23BrN2O/c18-16-7-3-2-6-15(16)17(21)13-19-11-8-14(12-19)20-9-4-1-5-10-20/h2-3,6-7,14H,1,4-5,8-13H2. The molecule has 0 saturated carbocycles. The summed E-state index contributed by atoms with van der Waals surface area (Å²) >= 11 is 3.47. The number of likely N-dealkylation sites (tertiary alicyclic amines) is 2. The first kappa shape index (κ1) is 15.2. The molecule has 0 radical (unpaired) electrons. The fourth-order valence-electron chi connectivity index (χ4n) is 3.51. The molecule has 114 valence electrons. The fourth-order valence-corrected chi connectivity index (χ4v) is 4.02. The maximum atomic E-state index is 12.4. The van der Waals surface area contributed by atoms with Crippen LogP contribution in [0, 0.1) is 0 Å². The molecule has 2 saturated heterocycles. The van der Waals surface area contributed by atoms with Crippen molar-refractivity contribution in [2.45, 2.75) is 31.7 Å². The Morgan fingerprint density at radius 1 is 1.14 bits per heavy atom. The van der Waals surface area contributed by atoms with Gasteiger partial charge in [0, 0.05) is 29.2 Å². The van der Waals surface area contributed by atoms with E-state index in [4.69, 9.17) is 0 Å². The molecule has 21 heavy (non-hydrogen) atoms. The van der Waals surface area contributed by atoms with Crippen molar-refractivity contribution < 1.29 is 4.79 Å². The second-order valence-corrected chi connectivity index (χ2v) is 7.03. The van der Waals surface area contributed by atoms with Crippen LogP contribution in [0.4, 0.5) is 0 Å². The predicted octanol–water partition coefficient (Wildman–Crippen LogP) is 3.19. The van der Waals surface area contributed by atoms with Gasteiger partial charge in [-0.15, -0.1) is 0 Å². The number of Topliss-reactive ketones (excluding diaryl/α,β-unsaturated/α-hetero) is 1. The first-order valence-electron chi connectivity index (χ1n) is 7.98. The highest BCUT2D eigenvalue weighted by Crippen LogP contribution is 2.21. The van der Waals surface area contributed by atoms with Gasteiger partial charge in [0.05, 0.1) is 6.54 Å². The van der Waals surface area contributed by atoms with Crippen molar-refractivity contribution in [3.8, 4) is 0 Å². The molecular formula is C17H23BrN2O. The first-order valence-corrected chi connectivity index (χ1v) is 8.77. The molecule has 2 fully saturated rings. The number of nitrogens with zero attached hydrogens (tertiary/aromatic N) is 2. The zero-order chi connectivity index (χ0) is 14.7. The summed E-state index contributed by atoms with van der Waals surface area (Å²) in [7, 11) is 0. The predicted molar refractivity (Wildman–Crippen MR) is 88.7 cm³/mol. The van der Waals surface area contributed by atoms with Crippen LogP contribution in [0.5, 0.6) is 0 Å². The smallest absolute Gasteiger partial charge is 0.177 e. The van der Waals surface area contributed by atoms with Crippen LogP contribution in [0.1, 0.15) is 36.0 Å². The molecule has 1 aromatic carbocycles. The van der Waals surface area contributed by atoms with Crippen LogP contribution < -0.4 is 0 Å². The molecule has 1 aromatic rings. The van der Waals surface area contributed by atoms with Crippen LogP contribution in [-0.4, -0.2) is 54.3 Å². The number of benzene rings is 1. The minimum Gasteiger partial charge on any atom is -0.299 e. The van der Waals surface area contributed by atoms with E-state index >= 15 is 0 Å². The topological polar surface area (TPSA) is 23.6 Å². The quantitative estimate of drug-likeness (QED) is 0.779. The van der Waals surface area contributed by atoms with Crippen molar-refractivity contribution in [1.29, 1.82) is 0 Å². The second-order valence-electron chi connectivity index (χ2n) is 6.18. The molecule has 0 amide bonds. The first-order chi connectivity index (χ1) is 10.2. The van der Waals surface area contributed by atoms with Gasteiger partial charge in [-0.2, -0.15) is 0 Å². The Labute approximate surface area is 135 Å². The van der Waals surface area contributed by atoms with E-state index in [9.17, 15) is 4.79 Å². The van der Waals surface area contributed by atoms with Crippen molar-refractivity contribution in [1.82, 2.24) is 9.80 Å². The molecule has 0 aromatic heterocycles. The normalized spacial score (nSPS) is 24.3. The van der Waals surface area contributed by atoms with Crippen LogP contribution >= 0.6 is 15.9 Å². The van der Waals surface area contributed by atoms with E-state index in [0.29, 0.717) is 12.6 Å². The van der Waals surface area contributed by atoms with Gasteiger partial charge in [-0.05, 0) is 38.4 Å². The summed E-state index contributed by atoms with van der Waals surface area (Å²) in [6.07, 6.45) is 5.27. The minimum atomic E-state index is 0.224. The van der Waals surface area contributed by atoms with Crippen molar-refractivity contribution in [3.63, 3.8) is 0 Å². The van der Waals surface area contributed by atoms with Gasteiger partial charge in [-0.25, -0.2) is 0 Å². The number of carbonyl (C=O) groups is 1. The molecule has 1 atom stereocenters. The molecule has 2 heterocycles. The van der Waals surface area contributed by atoms with Crippen LogP contribution in [0.15, 0.2) is 28.7 Å². The van der Waals surface area contributed by atoms with Crippen LogP contribution in [0.25, 0.3) is 0 Å². The molecule has 0 aliphatic carbocycles. The maximum Gasteiger partial charge on any atom is 0.177 e. The van der Waals surface area contributed by atoms with E-state index in [1.807, 2.05) is 24.3 Å². The SMILES string of the molecule is O=C(CN1CCC(N2CCCCC2)C1)c1ccccc1Br. The Balaban J connectivity index is 1.55. The summed E-state index contributed by atoms with van der Waals surface area (Å²) in [5, 5.41) is 0. The molecule has 0 N–H and O–H groups in total. The van der Waals surface area contributed by atoms with Gasteiger partial charge in [-0.1, -0.05) is 40.5 Å². The molecule has 1 unspecified atom stereocenters. The van der Waals surface area contributed by atoms with Crippen molar-refractivity contribution in [2.24, 2.45) is 0 Å². The van der Waals surface area contributed by atoms with Crippen molar-refractivity contribution in [2.75, 3.05) is 32.7 Å². The monoisotopic (exact) mass is 350 g/mol. The summed E-state index contributed by atoms with van der Waals surface area (Å²) < 4.78 is 0.904. The Hall–Kier alpha value is -0.710. The zero-order valence-corrected chi connectivity index (χ0v) is 14.0. The average molecular weight is 351 g/mol. The van der Waals surface area contributed by atoms with Gasteiger partial charge >= 0.3 is 0 Å². The molecule has 4 heteroatoms. The Bertz CT molecular complexity index is 499. The number of rotatable bonds is 4.